The second kappa shape index (κ2) is 5.57. The molecule has 0 aliphatic heterocycles. The van der Waals surface area contributed by atoms with Gasteiger partial charge in [0.05, 0.1) is 4.90 Å². The summed E-state index contributed by atoms with van der Waals surface area (Å²) < 4.78 is 26.1. The van der Waals surface area contributed by atoms with Gasteiger partial charge in [-0.15, -0.1) is 0 Å². The molecule has 1 aromatic carbocycles. The highest BCUT2D eigenvalue weighted by atomic mass is 32.2. The van der Waals surface area contributed by atoms with Crippen molar-refractivity contribution < 1.29 is 8.42 Å². The van der Waals surface area contributed by atoms with Gasteiger partial charge in [-0.25, -0.2) is 13.2 Å². The normalized spacial score (nSPS) is 11.3. The van der Waals surface area contributed by atoms with Crippen LogP contribution in [0.15, 0.2) is 44.9 Å². The van der Waals surface area contributed by atoms with Crippen LogP contribution in [0.1, 0.15) is 12.5 Å². The van der Waals surface area contributed by atoms with Gasteiger partial charge in [-0.05, 0) is 26.0 Å². The van der Waals surface area contributed by atoms with E-state index in [9.17, 15) is 18.0 Å². The minimum absolute atomic E-state index is 0.0608. The molecule has 0 radical (unpaired) electrons. The molecular weight excluding hydrogens is 294 g/mol. The standard InChI is InChI=1S/C13H15N3O4S/c1-3-16(11-8-14-13(18)15-12(11)17)21(19,20)10-6-4-9(2)5-7-10/h4-8H,3H2,1-2H3,(H2,14,15,17,18). The van der Waals surface area contributed by atoms with Crippen molar-refractivity contribution in [2.75, 3.05) is 10.8 Å². The van der Waals surface area contributed by atoms with Crippen LogP contribution >= 0.6 is 0 Å². The van der Waals surface area contributed by atoms with Crippen LogP contribution in [0.2, 0.25) is 0 Å². The predicted molar refractivity (Wildman–Crippen MR) is 79.1 cm³/mol. The number of aromatic nitrogens is 2. The van der Waals surface area contributed by atoms with Gasteiger partial charge in [0.25, 0.3) is 15.6 Å². The first-order valence-electron chi connectivity index (χ1n) is 6.27. The summed E-state index contributed by atoms with van der Waals surface area (Å²) in [5, 5.41) is 0. The molecule has 0 spiro atoms. The van der Waals surface area contributed by atoms with E-state index in [1.165, 1.54) is 12.1 Å². The molecule has 0 unspecified atom stereocenters. The van der Waals surface area contributed by atoms with Crippen molar-refractivity contribution in [3.63, 3.8) is 0 Å². The Bertz CT molecular complexity index is 850. The number of aryl methyl sites for hydroxylation is 1. The fraction of sp³-hybridized carbons (Fsp3) is 0.231. The highest BCUT2D eigenvalue weighted by molar-refractivity contribution is 7.92. The third kappa shape index (κ3) is 2.89. The summed E-state index contributed by atoms with van der Waals surface area (Å²) >= 11 is 0. The third-order valence-corrected chi connectivity index (χ3v) is 4.87. The molecule has 0 aliphatic rings. The predicted octanol–water partition coefficient (Wildman–Crippen LogP) is 0.587. The van der Waals surface area contributed by atoms with Crippen LogP contribution in [-0.4, -0.2) is 24.9 Å². The lowest BCUT2D eigenvalue weighted by atomic mass is 10.2. The largest absolute Gasteiger partial charge is 0.325 e. The van der Waals surface area contributed by atoms with Gasteiger partial charge in [-0.1, -0.05) is 17.7 Å². The van der Waals surface area contributed by atoms with Gasteiger partial charge in [0.2, 0.25) is 0 Å². The number of nitrogens with one attached hydrogen (secondary N) is 2. The molecule has 8 heteroatoms. The zero-order valence-corrected chi connectivity index (χ0v) is 12.4. The van der Waals surface area contributed by atoms with Gasteiger partial charge in [-0.2, -0.15) is 0 Å². The molecule has 21 heavy (non-hydrogen) atoms. The molecule has 0 bridgehead atoms. The molecule has 1 aromatic heterocycles. The van der Waals surface area contributed by atoms with Gasteiger partial charge in [0.1, 0.15) is 5.69 Å². The Morgan fingerprint density at radius 1 is 1.14 bits per heavy atom. The van der Waals surface area contributed by atoms with Crippen LogP contribution in [0.4, 0.5) is 5.69 Å². The summed E-state index contributed by atoms with van der Waals surface area (Å²) in [6.45, 7) is 3.52. The molecule has 1 heterocycles. The van der Waals surface area contributed by atoms with Crippen LogP contribution in [-0.2, 0) is 10.0 Å². The lowest BCUT2D eigenvalue weighted by molar-refractivity contribution is 0.591. The second-order valence-corrected chi connectivity index (χ2v) is 6.30. The Labute approximate surface area is 121 Å². The van der Waals surface area contributed by atoms with E-state index in [0.29, 0.717) is 0 Å². The maximum Gasteiger partial charge on any atom is 0.325 e. The quantitative estimate of drug-likeness (QED) is 0.862. The molecule has 0 saturated heterocycles. The van der Waals surface area contributed by atoms with E-state index >= 15 is 0 Å². The van der Waals surface area contributed by atoms with Crippen molar-refractivity contribution in [3.05, 3.63) is 56.9 Å². The van der Waals surface area contributed by atoms with Crippen LogP contribution in [0.25, 0.3) is 0 Å². The molecule has 2 aromatic rings. The Morgan fingerprint density at radius 2 is 1.76 bits per heavy atom. The minimum atomic E-state index is -3.87. The molecule has 7 nitrogen and oxygen atoms in total. The topological polar surface area (TPSA) is 103 Å². The molecule has 112 valence electrons. The number of aromatic amines is 2. The van der Waals surface area contributed by atoms with E-state index in [0.717, 1.165) is 16.1 Å². The first-order valence-corrected chi connectivity index (χ1v) is 7.71. The van der Waals surface area contributed by atoms with E-state index in [4.69, 9.17) is 0 Å². The van der Waals surface area contributed by atoms with E-state index in [1.807, 2.05) is 11.9 Å². The average molecular weight is 309 g/mol. The highest BCUT2D eigenvalue weighted by Crippen LogP contribution is 2.19. The number of nitrogens with zero attached hydrogens (tertiary/aromatic N) is 1. The Morgan fingerprint density at radius 3 is 2.29 bits per heavy atom. The summed E-state index contributed by atoms with van der Waals surface area (Å²) in [7, 11) is -3.87. The monoisotopic (exact) mass is 309 g/mol. The number of hydrogen-bond donors (Lipinski definition) is 2. The number of anilines is 1. The molecule has 0 saturated carbocycles. The summed E-state index contributed by atoms with van der Waals surface area (Å²) in [6.07, 6.45) is 1.09. The summed E-state index contributed by atoms with van der Waals surface area (Å²) in [6, 6.07) is 6.32. The SMILES string of the molecule is CCN(c1c[nH]c(=O)[nH]c1=O)S(=O)(=O)c1ccc(C)cc1. The van der Waals surface area contributed by atoms with Crippen molar-refractivity contribution in [2.24, 2.45) is 0 Å². The van der Waals surface area contributed by atoms with Gasteiger partial charge in [0.15, 0.2) is 0 Å². The van der Waals surface area contributed by atoms with Crippen molar-refractivity contribution in [2.45, 2.75) is 18.7 Å². The summed E-state index contributed by atoms with van der Waals surface area (Å²) in [5.74, 6) is 0. The van der Waals surface area contributed by atoms with Gasteiger partial charge in [-0.3, -0.25) is 14.1 Å². The first kappa shape index (κ1) is 15.0. The van der Waals surface area contributed by atoms with Gasteiger partial charge in [0, 0.05) is 12.7 Å². The van der Waals surface area contributed by atoms with Crippen LogP contribution < -0.4 is 15.6 Å². The van der Waals surface area contributed by atoms with Crippen LogP contribution in [0.5, 0.6) is 0 Å². The van der Waals surface area contributed by atoms with Crippen LogP contribution in [0, 0.1) is 6.92 Å². The maximum atomic E-state index is 12.6. The molecule has 0 aliphatic carbocycles. The third-order valence-electron chi connectivity index (χ3n) is 2.96. The molecule has 0 amide bonds. The van der Waals surface area contributed by atoms with Gasteiger partial charge >= 0.3 is 5.69 Å². The number of benzene rings is 1. The molecule has 2 rings (SSSR count). The molecular formula is C13H15N3O4S. The minimum Gasteiger partial charge on any atom is -0.312 e. The molecule has 0 atom stereocenters. The Kier molecular flexibility index (Phi) is 3.99. The maximum absolute atomic E-state index is 12.6. The Hall–Kier alpha value is -2.35. The molecule has 0 fully saturated rings. The van der Waals surface area contributed by atoms with Crippen molar-refractivity contribution in [3.8, 4) is 0 Å². The number of hydrogen-bond acceptors (Lipinski definition) is 4. The van der Waals surface area contributed by atoms with Crippen molar-refractivity contribution in [1.29, 1.82) is 0 Å². The van der Waals surface area contributed by atoms with Crippen molar-refractivity contribution in [1.82, 2.24) is 9.97 Å². The Balaban J connectivity index is 2.57. The first-order chi connectivity index (χ1) is 9.86. The summed E-state index contributed by atoms with van der Waals surface area (Å²) in [5.41, 5.74) is -0.639. The summed E-state index contributed by atoms with van der Waals surface area (Å²) in [4.78, 5) is 27.2. The van der Waals surface area contributed by atoms with Gasteiger partial charge < -0.3 is 4.98 Å². The van der Waals surface area contributed by atoms with E-state index in [2.05, 4.69) is 4.98 Å². The zero-order valence-electron chi connectivity index (χ0n) is 11.6. The lowest BCUT2D eigenvalue weighted by Crippen LogP contribution is -2.37. The van der Waals surface area contributed by atoms with Crippen LogP contribution in [0.3, 0.4) is 0 Å². The van der Waals surface area contributed by atoms with E-state index in [1.54, 1.807) is 19.1 Å². The molecule has 2 N–H and O–H groups in total. The lowest BCUT2D eigenvalue weighted by Gasteiger charge is -2.21. The van der Waals surface area contributed by atoms with E-state index < -0.39 is 21.3 Å². The second-order valence-electron chi connectivity index (χ2n) is 4.44. The smallest absolute Gasteiger partial charge is 0.312 e. The van der Waals surface area contributed by atoms with Crippen molar-refractivity contribution >= 4 is 15.7 Å². The number of H-pyrrole nitrogens is 2. The highest BCUT2D eigenvalue weighted by Gasteiger charge is 2.25. The number of sulfonamides is 1. The van der Waals surface area contributed by atoms with E-state index in [-0.39, 0.29) is 17.1 Å². The number of rotatable bonds is 4. The fourth-order valence-electron chi connectivity index (χ4n) is 1.90. The zero-order chi connectivity index (χ0) is 15.6. The fourth-order valence-corrected chi connectivity index (χ4v) is 3.36. The average Bonchev–Trinajstić information content (AvgIpc) is 2.42.